The fourth-order valence-electron chi connectivity index (χ4n) is 4.06. The molecule has 0 radical (unpaired) electrons. The van der Waals surface area contributed by atoms with Gasteiger partial charge in [-0.05, 0) is 40.1 Å². The van der Waals surface area contributed by atoms with Crippen molar-refractivity contribution in [1.82, 2.24) is 0 Å². The number of hydrogen-bond acceptors (Lipinski definition) is 2. The predicted molar refractivity (Wildman–Crippen MR) is 97.7 cm³/mol. The summed E-state index contributed by atoms with van der Waals surface area (Å²) in [4.78, 5) is 0. The molecule has 2 aliphatic rings. The number of alkyl halides is 3. The summed E-state index contributed by atoms with van der Waals surface area (Å²) >= 11 is 0. The molecule has 27 heavy (non-hydrogen) atoms. The van der Waals surface area contributed by atoms with E-state index in [1.165, 1.54) is 0 Å². The molecule has 1 aliphatic carbocycles. The van der Waals surface area contributed by atoms with E-state index in [1.54, 1.807) is 6.08 Å². The van der Waals surface area contributed by atoms with E-state index in [2.05, 4.69) is 12.1 Å². The molecular formula is C22H15F3O2. The second kappa shape index (κ2) is 5.78. The topological polar surface area (TPSA) is 18.5 Å². The van der Waals surface area contributed by atoms with Crippen LogP contribution in [0, 0.1) is 0 Å². The van der Waals surface area contributed by atoms with Crippen molar-refractivity contribution in [2.75, 3.05) is 13.2 Å². The zero-order valence-corrected chi connectivity index (χ0v) is 14.3. The van der Waals surface area contributed by atoms with Crippen LogP contribution in [-0.4, -0.2) is 19.4 Å². The Balaban J connectivity index is 1.77. The first kappa shape index (κ1) is 16.2. The molecule has 0 N–H and O–H groups in total. The van der Waals surface area contributed by atoms with Crippen molar-refractivity contribution in [3.63, 3.8) is 0 Å². The van der Waals surface area contributed by atoms with Crippen molar-refractivity contribution in [3.05, 3.63) is 71.3 Å². The van der Waals surface area contributed by atoms with E-state index in [0.717, 1.165) is 33.0 Å². The van der Waals surface area contributed by atoms with Gasteiger partial charge in [0.1, 0.15) is 18.1 Å². The van der Waals surface area contributed by atoms with Gasteiger partial charge in [-0.15, -0.1) is 0 Å². The highest BCUT2D eigenvalue weighted by Crippen LogP contribution is 2.50. The molecule has 0 bridgehead atoms. The number of benzene rings is 3. The Kier molecular flexibility index (Phi) is 3.47. The summed E-state index contributed by atoms with van der Waals surface area (Å²) in [6.07, 6.45) is -2.15. The lowest BCUT2D eigenvalue weighted by Gasteiger charge is -2.24. The van der Waals surface area contributed by atoms with Gasteiger partial charge in [0.05, 0.1) is 5.56 Å². The van der Waals surface area contributed by atoms with E-state index in [9.17, 15) is 13.2 Å². The van der Waals surface area contributed by atoms with E-state index in [4.69, 9.17) is 9.47 Å². The number of rotatable bonds is 2. The summed E-state index contributed by atoms with van der Waals surface area (Å²) in [5.74, 6) is 0.861. The van der Waals surface area contributed by atoms with Gasteiger partial charge in [0.2, 0.25) is 0 Å². The molecule has 136 valence electrons. The van der Waals surface area contributed by atoms with Crippen LogP contribution in [0.25, 0.3) is 27.7 Å². The summed E-state index contributed by atoms with van der Waals surface area (Å²) in [5, 5.41) is 1.94. The quantitative estimate of drug-likeness (QED) is 0.450. The second-order valence-electron chi connectivity index (χ2n) is 6.72. The van der Waals surface area contributed by atoms with Gasteiger partial charge in [-0.3, -0.25) is 0 Å². The van der Waals surface area contributed by atoms with Crippen LogP contribution in [-0.2, 0) is 11.2 Å². The molecule has 5 rings (SSSR count). The number of halogens is 3. The maximum atomic E-state index is 12.7. The predicted octanol–water partition coefficient (Wildman–Crippen LogP) is 5.72. The molecule has 0 atom stereocenters. The fraction of sp³-hybridized carbons (Fsp3) is 0.182. The van der Waals surface area contributed by atoms with Gasteiger partial charge >= 0.3 is 6.18 Å². The zero-order chi connectivity index (χ0) is 18.6. The minimum absolute atomic E-state index is 0.190. The Labute approximate surface area is 153 Å². The number of ether oxygens (including phenoxy) is 2. The Hall–Kier alpha value is -2.95. The molecule has 0 saturated heterocycles. The average Bonchev–Trinajstić information content (AvgIpc) is 3.05. The molecule has 1 heterocycles. The molecular weight excluding hydrogens is 353 g/mol. The molecule has 0 saturated carbocycles. The minimum Gasteiger partial charge on any atom is -0.488 e. The average molecular weight is 368 g/mol. The molecule has 5 heteroatoms. The molecule has 2 nitrogen and oxygen atoms in total. The van der Waals surface area contributed by atoms with Crippen molar-refractivity contribution in [2.45, 2.75) is 12.6 Å². The van der Waals surface area contributed by atoms with Crippen molar-refractivity contribution in [3.8, 4) is 16.9 Å². The highest BCUT2D eigenvalue weighted by Gasteiger charge is 2.34. The lowest BCUT2D eigenvalue weighted by molar-refractivity contribution is -0.158. The van der Waals surface area contributed by atoms with E-state index in [1.807, 2.05) is 36.4 Å². The van der Waals surface area contributed by atoms with Gasteiger partial charge < -0.3 is 9.47 Å². The summed E-state index contributed by atoms with van der Waals surface area (Å²) in [7, 11) is 0. The Morgan fingerprint density at radius 2 is 1.67 bits per heavy atom. The van der Waals surface area contributed by atoms with Crippen LogP contribution in [0.2, 0.25) is 0 Å². The molecule has 0 unspecified atom stereocenters. The van der Waals surface area contributed by atoms with Crippen molar-refractivity contribution in [1.29, 1.82) is 0 Å². The summed E-state index contributed by atoms with van der Waals surface area (Å²) in [5.41, 5.74) is 4.96. The molecule has 0 aromatic heterocycles. The van der Waals surface area contributed by atoms with Crippen LogP contribution in [0.5, 0.6) is 5.75 Å². The van der Waals surface area contributed by atoms with Crippen LogP contribution in [0.4, 0.5) is 13.2 Å². The SMILES string of the molecule is FC(F)(F)COC1=CCOc2c1c1c(c3ccccc23)-c2ccccc2C1. The van der Waals surface area contributed by atoms with Gasteiger partial charge in [-0.2, -0.15) is 13.2 Å². The Bertz CT molecular complexity index is 1100. The third-order valence-electron chi connectivity index (χ3n) is 5.06. The molecule has 0 spiro atoms. The van der Waals surface area contributed by atoms with Crippen molar-refractivity contribution < 1.29 is 22.6 Å². The molecule has 1 aliphatic heterocycles. The van der Waals surface area contributed by atoms with E-state index in [-0.39, 0.29) is 12.4 Å². The van der Waals surface area contributed by atoms with Gasteiger partial charge in [0.25, 0.3) is 0 Å². The van der Waals surface area contributed by atoms with Gasteiger partial charge in [-0.25, -0.2) is 0 Å². The summed E-state index contributed by atoms with van der Waals surface area (Å²) in [6, 6.07) is 15.9. The smallest absolute Gasteiger partial charge is 0.422 e. The number of hydrogen-bond donors (Lipinski definition) is 0. The molecule has 3 aromatic carbocycles. The lowest BCUT2D eigenvalue weighted by Crippen LogP contribution is -2.18. The standard InChI is InChI=1S/C22H15F3O2/c23-22(24,25)12-27-18-9-10-26-21-16-8-4-3-7-15(16)19-14-6-2-1-5-13(14)11-17(19)20(18)21/h1-9H,10-12H2. The second-order valence-corrected chi connectivity index (χ2v) is 6.72. The van der Waals surface area contributed by atoms with Crippen LogP contribution in [0.3, 0.4) is 0 Å². The third-order valence-corrected chi connectivity index (χ3v) is 5.06. The first-order valence-corrected chi connectivity index (χ1v) is 8.71. The maximum absolute atomic E-state index is 12.7. The Morgan fingerprint density at radius 1 is 0.926 bits per heavy atom. The molecule has 0 amide bonds. The van der Waals surface area contributed by atoms with Crippen LogP contribution >= 0.6 is 0 Å². The van der Waals surface area contributed by atoms with Crippen molar-refractivity contribution >= 4 is 16.5 Å². The zero-order valence-electron chi connectivity index (χ0n) is 14.3. The van der Waals surface area contributed by atoms with Gasteiger partial charge in [0.15, 0.2) is 6.61 Å². The maximum Gasteiger partial charge on any atom is 0.422 e. The summed E-state index contributed by atoms with van der Waals surface area (Å²) in [6.45, 7) is -1.12. The van der Waals surface area contributed by atoms with E-state index >= 15 is 0 Å². The van der Waals surface area contributed by atoms with Crippen LogP contribution in [0.1, 0.15) is 16.7 Å². The normalized spacial score (nSPS) is 14.9. The van der Waals surface area contributed by atoms with Crippen LogP contribution in [0.15, 0.2) is 54.6 Å². The molecule has 0 fully saturated rings. The first-order valence-electron chi connectivity index (χ1n) is 8.71. The highest BCUT2D eigenvalue weighted by molar-refractivity contribution is 6.07. The lowest BCUT2D eigenvalue weighted by atomic mass is 9.91. The third kappa shape index (κ3) is 2.57. The number of fused-ring (bicyclic) bond motifs is 8. The van der Waals surface area contributed by atoms with Crippen molar-refractivity contribution in [2.24, 2.45) is 0 Å². The fourth-order valence-corrected chi connectivity index (χ4v) is 4.06. The molecule has 3 aromatic rings. The van der Waals surface area contributed by atoms with Crippen LogP contribution < -0.4 is 4.74 Å². The first-order chi connectivity index (χ1) is 13.0. The van der Waals surface area contributed by atoms with Gasteiger partial charge in [0, 0.05) is 5.39 Å². The van der Waals surface area contributed by atoms with E-state index < -0.39 is 12.8 Å². The monoisotopic (exact) mass is 368 g/mol. The van der Waals surface area contributed by atoms with E-state index in [0.29, 0.717) is 17.7 Å². The summed E-state index contributed by atoms with van der Waals surface area (Å²) < 4.78 is 49.3. The highest BCUT2D eigenvalue weighted by atomic mass is 19.4. The Morgan fingerprint density at radius 3 is 2.48 bits per heavy atom. The van der Waals surface area contributed by atoms with Gasteiger partial charge in [-0.1, -0.05) is 48.5 Å². The minimum atomic E-state index is -4.39. The largest absolute Gasteiger partial charge is 0.488 e.